The largest absolute Gasteiger partial charge is 0.413 e. The molecule has 144 valence electrons. The third-order valence-electron chi connectivity index (χ3n) is 5.12. The van der Waals surface area contributed by atoms with Crippen molar-refractivity contribution in [1.29, 1.82) is 0 Å². The summed E-state index contributed by atoms with van der Waals surface area (Å²) in [5.74, 6) is 0.450. The summed E-state index contributed by atoms with van der Waals surface area (Å²) in [5.41, 5.74) is 1.79. The molecule has 0 saturated heterocycles. The summed E-state index contributed by atoms with van der Waals surface area (Å²) in [6, 6.07) is 0. The smallest absolute Gasteiger partial charge is 0.200 e. The van der Waals surface area contributed by atoms with Gasteiger partial charge in [0.2, 0.25) is 0 Å². The van der Waals surface area contributed by atoms with Gasteiger partial charge in [0.15, 0.2) is 8.32 Å². The van der Waals surface area contributed by atoms with Gasteiger partial charge in [0, 0.05) is 7.11 Å². The lowest BCUT2D eigenvalue weighted by molar-refractivity contribution is -0.104. The molecule has 0 aromatic rings. The van der Waals surface area contributed by atoms with E-state index in [2.05, 4.69) is 81.2 Å². The maximum atomic E-state index is 6.74. The first-order valence-corrected chi connectivity index (χ1v) is 12.6. The molecule has 2 atom stereocenters. The maximum Gasteiger partial charge on any atom is 0.200 e. The van der Waals surface area contributed by atoms with Gasteiger partial charge < -0.3 is 13.9 Å². The highest BCUT2D eigenvalue weighted by Gasteiger charge is 2.45. The minimum Gasteiger partial charge on any atom is -0.413 e. The standard InChI is InChI=1S/C19H39IO3Si/c1-15(2)24(16(3)4,17(5)6)23-13-19(22-14-21-8)18(7)11-9-10-12-20/h10,12,15-19H,9,11,13-14H2,1-8H3/b12-10+/t18-,19-/m1/s1. The molecule has 0 aromatic carbocycles. The van der Waals surface area contributed by atoms with E-state index in [1.165, 1.54) is 0 Å². The monoisotopic (exact) mass is 470 g/mol. The van der Waals surface area contributed by atoms with Crippen molar-refractivity contribution in [2.75, 3.05) is 20.5 Å². The van der Waals surface area contributed by atoms with Crippen molar-refractivity contribution < 1.29 is 13.9 Å². The maximum absolute atomic E-state index is 6.74. The molecule has 0 fully saturated rings. The average Bonchev–Trinajstić information content (AvgIpc) is 2.49. The SMILES string of the molecule is COCO[C@H](CO[Si](C(C)C)(C(C)C)C(C)C)[C@H](C)CC/C=C/I. The van der Waals surface area contributed by atoms with Gasteiger partial charge in [0.05, 0.1) is 12.7 Å². The van der Waals surface area contributed by atoms with Gasteiger partial charge in [-0.1, -0.05) is 77.1 Å². The Bertz CT molecular complexity index is 324. The van der Waals surface area contributed by atoms with E-state index in [4.69, 9.17) is 13.9 Å². The Hall–Kier alpha value is 0.567. The van der Waals surface area contributed by atoms with Crippen LogP contribution in [-0.4, -0.2) is 34.9 Å². The lowest BCUT2D eigenvalue weighted by Crippen LogP contribution is -2.49. The molecule has 0 radical (unpaired) electrons. The summed E-state index contributed by atoms with van der Waals surface area (Å²) >= 11 is 2.27. The number of hydrogen-bond acceptors (Lipinski definition) is 3. The fourth-order valence-electron chi connectivity index (χ4n) is 3.87. The van der Waals surface area contributed by atoms with Crippen LogP contribution in [0.4, 0.5) is 0 Å². The predicted molar refractivity (Wildman–Crippen MR) is 115 cm³/mol. The van der Waals surface area contributed by atoms with E-state index in [0.717, 1.165) is 12.8 Å². The Labute approximate surface area is 165 Å². The van der Waals surface area contributed by atoms with Crippen molar-refractivity contribution in [2.45, 2.75) is 84.0 Å². The third kappa shape index (κ3) is 7.44. The van der Waals surface area contributed by atoms with Crippen LogP contribution in [0.15, 0.2) is 10.2 Å². The molecule has 0 spiro atoms. The van der Waals surface area contributed by atoms with Crippen molar-refractivity contribution in [2.24, 2.45) is 5.92 Å². The Morgan fingerprint density at radius 1 is 0.958 bits per heavy atom. The normalized spacial score (nSPS) is 15.8. The molecule has 0 aliphatic carbocycles. The lowest BCUT2D eigenvalue weighted by Gasteiger charge is -2.43. The highest BCUT2D eigenvalue weighted by atomic mass is 127. The van der Waals surface area contributed by atoms with E-state index >= 15 is 0 Å². The van der Waals surface area contributed by atoms with Gasteiger partial charge in [-0.25, -0.2) is 0 Å². The minimum atomic E-state index is -1.85. The first-order valence-electron chi connectivity index (χ1n) is 9.23. The van der Waals surface area contributed by atoms with Crippen molar-refractivity contribution >= 4 is 30.9 Å². The zero-order chi connectivity index (χ0) is 18.8. The average molecular weight is 471 g/mol. The Kier molecular flexibility index (Phi) is 13.1. The quantitative estimate of drug-likeness (QED) is 0.174. The van der Waals surface area contributed by atoms with Gasteiger partial charge in [-0.3, -0.25) is 0 Å². The Morgan fingerprint density at radius 3 is 1.92 bits per heavy atom. The molecule has 0 rings (SSSR count). The van der Waals surface area contributed by atoms with Crippen LogP contribution in [0.25, 0.3) is 0 Å². The third-order valence-corrected chi connectivity index (χ3v) is 11.7. The molecule has 0 aliphatic rings. The second-order valence-electron chi connectivity index (χ2n) is 7.66. The highest BCUT2D eigenvalue weighted by molar-refractivity contribution is 14.1. The topological polar surface area (TPSA) is 27.7 Å². The summed E-state index contributed by atoms with van der Waals surface area (Å²) in [5, 5.41) is 0. The summed E-state index contributed by atoms with van der Waals surface area (Å²) in [6.45, 7) is 17.2. The molecule has 24 heavy (non-hydrogen) atoms. The molecule has 3 nitrogen and oxygen atoms in total. The van der Waals surface area contributed by atoms with Crippen LogP contribution >= 0.6 is 22.6 Å². The molecule has 5 heteroatoms. The van der Waals surface area contributed by atoms with E-state index in [-0.39, 0.29) is 6.10 Å². The molecule has 0 aliphatic heterocycles. The molecule has 0 unspecified atom stereocenters. The zero-order valence-electron chi connectivity index (χ0n) is 17.0. The number of halogens is 1. The van der Waals surface area contributed by atoms with Crippen LogP contribution in [0, 0.1) is 5.92 Å². The van der Waals surface area contributed by atoms with Crippen LogP contribution in [0.2, 0.25) is 16.6 Å². The molecule has 0 aromatic heterocycles. The first kappa shape index (κ1) is 24.6. The number of allylic oxidation sites excluding steroid dienone is 1. The first-order chi connectivity index (χ1) is 11.2. The highest BCUT2D eigenvalue weighted by Crippen LogP contribution is 2.42. The van der Waals surface area contributed by atoms with Crippen LogP contribution in [-0.2, 0) is 13.9 Å². The van der Waals surface area contributed by atoms with Gasteiger partial charge in [-0.05, 0) is 39.5 Å². The van der Waals surface area contributed by atoms with E-state index in [1.54, 1.807) is 7.11 Å². The van der Waals surface area contributed by atoms with Crippen molar-refractivity contribution in [3.63, 3.8) is 0 Å². The van der Waals surface area contributed by atoms with Gasteiger partial charge in [0.1, 0.15) is 6.79 Å². The summed E-state index contributed by atoms with van der Waals surface area (Å²) < 4.78 is 19.9. The summed E-state index contributed by atoms with van der Waals surface area (Å²) in [6.07, 6.45) is 4.49. The molecule has 0 N–H and O–H groups in total. The molecular weight excluding hydrogens is 431 g/mol. The van der Waals surface area contributed by atoms with Crippen LogP contribution < -0.4 is 0 Å². The summed E-state index contributed by atoms with van der Waals surface area (Å²) in [7, 11) is -0.172. The van der Waals surface area contributed by atoms with Gasteiger partial charge in [-0.2, -0.15) is 0 Å². The molecular formula is C19H39IO3Si. The molecule has 0 heterocycles. The molecule has 0 bridgehead atoms. The fraction of sp³-hybridized carbons (Fsp3) is 0.895. The number of methoxy groups -OCH3 is 1. The van der Waals surface area contributed by atoms with E-state index in [1.807, 2.05) is 0 Å². The van der Waals surface area contributed by atoms with Gasteiger partial charge in [-0.15, -0.1) is 0 Å². The van der Waals surface area contributed by atoms with E-state index in [9.17, 15) is 0 Å². The van der Waals surface area contributed by atoms with Crippen molar-refractivity contribution in [1.82, 2.24) is 0 Å². The van der Waals surface area contributed by atoms with Gasteiger partial charge >= 0.3 is 0 Å². The van der Waals surface area contributed by atoms with Crippen LogP contribution in [0.3, 0.4) is 0 Å². The van der Waals surface area contributed by atoms with Crippen molar-refractivity contribution in [3.05, 3.63) is 10.2 Å². The number of rotatable bonds is 13. The fourth-order valence-corrected chi connectivity index (χ4v) is 9.68. The second-order valence-corrected chi connectivity index (χ2v) is 13.8. The predicted octanol–water partition coefficient (Wildman–Crippen LogP) is 6.53. The minimum absolute atomic E-state index is 0.0932. The second kappa shape index (κ2) is 12.8. The van der Waals surface area contributed by atoms with E-state index < -0.39 is 8.32 Å². The van der Waals surface area contributed by atoms with E-state index in [0.29, 0.717) is 35.9 Å². The van der Waals surface area contributed by atoms with Crippen LogP contribution in [0.1, 0.15) is 61.3 Å². The Morgan fingerprint density at radius 2 is 1.50 bits per heavy atom. The lowest BCUT2D eigenvalue weighted by atomic mass is 9.99. The Balaban J connectivity index is 5.04. The van der Waals surface area contributed by atoms with Gasteiger partial charge in [0.25, 0.3) is 0 Å². The van der Waals surface area contributed by atoms with Crippen molar-refractivity contribution in [3.8, 4) is 0 Å². The van der Waals surface area contributed by atoms with Crippen LogP contribution in [0.5, 0.6) is 0 Å². The molecule has 0 saturated carbocycles. The number of hydrogen-bond donors (Lipinski definition) is 0. The summed E-state index contributed by atoms with van der Waals surface area (Å²) in [4.78, 5) is 0. The molecule has 0 amide bonds. The number of ether oxygens (including phenoxy) is 2. The zero-order valence-corrected chi connectivity index (χ0v) is 20.1.